The fourth-order valence-electron chi connectivity index (χ4n) is 2.42. The first-order valence-corrected chi connectivity index (χ1v) is 5.94. The molecule has 0 spiro atoms. The Bertz CT molecular complexity index is 367. The third-order valence-corrected chi connectivity index (χ3v) is 3.63. The zero-order valence-electron chi connectivity index (χ0n) is 10.4. The van der Waals surface area contributed by atoms with Gasteiger partial charge in [0, 0.05) is 44.9 Å². The largest absolute Gasteiger partial charge is 0.396 e. The average molecular weight is 223 g/mol. The second-order valence-corrected chi connectivity index (χ2v) is 4.83. The number of aliphatic hydroxyl groups is 1. The van der Waals surface area contributed by atoms with E-state index in [1.165, 1.54) is 11.3 Å². The summed E-state index contributed by atoms with van der Waals surface area (Å²) in [6.45, 7) is 7.73. The Morgan fingerprint density at radius 2 is 2.06 bits per heavy atom. The maximum Gasteiger partial charge on any atom is 0.0628 e. The summed E-state index contributed by atoms with van der Waals surface area (Å²) in [5.41, 5.74) is 3.81. The van der Waals surface area contributed by atoms with E-state index < -0.39 is 0 Å². The third kappa shape index (κ3) is 2.13. The van der Waals surface area contributed by atoms with Gasteiger partial charge in [-0.25, -0.2) is 0 Å². The highest BCUT2D eigenvalue weighted by Gasteiger charge is 2.25. The van der Waals surface area contributed by atoms with Gasteiger partial charge in [-0.2, -0.15) is 5.10 Å². The van der Waals surface area contributed by atoms with Crippen molar-refractivity contribution in [3.63, 3.8) is 0 Å². The van der Waals surface area contributed by atoms with Crippen LogP contribution in [0, 0.1) is 19.8 Å². The molecule has 1 aliphatic heterocycles. The van der Waals surface area contributed by atoms with Gasteiger partial charge in [-0.15, -0.1) is 0 Å². The predicted octanol–water partition coefficient (Wildman–Crippen LogP) is 0.504. The third-order valence-electron chi connectivity index (χ3n) is 3.63. The van der Waals surface area contributed by atoms with Crippen LogP contribution in [0.1, 0.15) is 17.0 Å². The Morgan fingerprint density at radius 1 is 1.38 bits per heavy atom. The van der Waals surface area contributed by atoms with E-state index in [0.29, 0.717) is 12.5 Å². The summed E-state index contributed by atoms with van der Waals surface area (Å²) in [5.74, 6) is 0.510. The molecule has 1 aromatic rings. The molecule has 1 N–H and O–H groups in total. The summed E-state index contributed by atoms with van der Waals surface area (Å²) in [4.78, 5) is 2.40. The molecule has 0 saturated carbocycles. The molecule has 4 heteroatoms. The van der Waals surface area contributed by atoms with E-state index >= 15 is 0 Å². The Balaban J connectivity index is 1.86. The number of hydrogen-bond donors (Lipinski definition) is 1. The Hall–Kier alpha value is -0.870. The lowest BCUT2D eigenvalue weighted by atomic mass is 10.00. The summed E-state index contributed by atoms with van der Waals surface area (Å²) >= 11 is 0. The van der Waals surface area contributed by atoms with Crippen molar-refractivity contribution in [2.45, 2.75) is 20.3 Å². The summed E-state index contributed by atoms with van der Waals surface area (Å²) in [6.07, 6.45) is 1.07. The van der Waals surface area contributed by atoms with Crippen LogP contribution in [0.25, 0.3) is 0 Å². The molecule has 0 unspecified atom stereocenters. The van der Waals surface area contributed by atoms with E-state index in [-0.39, 0.29) is 0 Å². The smallest absolute Gasteiger partial charge is 0.0628 e. The van der Waals surface area contributed by atoms with Crippen molar-refractivity contribution in [1.29, 1.82) is 0 Å². The van der Waals surface area contributed by atoms with Crippen LogP contribution >= 0.6 is 0 Å². The highest BCUT2D eigenvalue weighted by molar-refractivity contribution is 5.24. The second-order valence-electron chi connectivity index (χ2n) is 4.83. The molecule has 2 rings (SSSR count). The molecule has 0 amide bonds. The number of rotatable bonds is 4. The SMILES string of the molecule is Cc1nn(C)c(C)c1CCN1CC(CO)C1. The summed E-state index contributed by atoms with van der Waals surface area (Å²) in [6, 6.07) is 0. The maximum absolute atomic E-state index is 8.94. The fraction of sp³-hybridized carbons (Fsp3) is 0.750. The van der Waals surface area contributed by atoms with Gasteiger partial charge in [0.05, 0.1) is 5.69 Å². The van der Waals surface area contributed by atoms with Crippen LogP contribution in [0.3, 0.4) is 0 Å². The molecular formula is C12H21N3O. The van der Waals surface area contributed by atoms with Gasteiger partial charge in [0.2, 0.25) is 0 Å². The van der Waals surface area contributed by atoms with E-state index in [4.69, 9.17) is 5.11 Å². The van der Waals surface area contributed by atoms with Crippen molar-refractivity contribution in [3.05, 3.63) is 17.0 Å². The van der Waals surface area contributed by atoms with Crippen molar-refractivity contribution in [2.24, 2.45) is 13.0 Å². The van der Waals surface area contributed by atoms with Crippen LogP contribution in [0.5, 0.6) is 0 Å². The zero-order chi connectivity index (χ0) is 11.7. The average Bonchev–Trinajstić information content (AvgIpc) is 2.42. The molecule has 0 radical (unpaired) electrons. The molecule has 0 aliphatic carbocycles. The number of aryl methyl sites for hydroxylation is 2. The van der Waals surface area contributed by atoms with E-state index in [1.54, 1.807) is 0 Å². The minimum absolute atomic E-state index is 0.335. The highest BCUT2D eigenvalue weighted by atomic mass is 16.3. The Labute approximate surface area is 96.9 Å². The van der Waals surface area contributed by atoms with Crippen LogP contribution in [0.15, 0.2) is 0 Å². The van der Waals surface area contributed by atoms with E-state index in [0.717, 1.165) is 31.7 Å². The van der Waals surface area contributed by atoms with Crippen LogP contribution < -0.4 is 0 Å². The molecule has 0 atom stereocenters. The molecule has 0 aromatic carbocycles. The molecule has 0 bridgehead atoms. The quantitative estimate of drug-likeness (QED) is 0.808. The van der Waals surface area contributed by atoms with Crippen LogP contribution in [0.2, 0.25) is 0 Å². The number of aliphatic hydroxyl groups excluding tert-OH is 1. The van der Waals surface area contributed by atoms with Gasteiger partial charge in [0.25, 0.3) is 0 Å². The molecule has 1 aliphatic rings. The molecule has 1 saturated heterocycles. The number of aromatic nitrogens is 2. The minimum atomic E-state index is 0.335. The number of likely N-dealkylation sites (tertiary alicyclic amines) is 1. The Morgan fingerprint density at radius 3 is 2.56 bits per heavy atom. The van der Waals surface area contributed by atoms with Gasteiger partial charge >= 0.3 is 0 Å². The Kier molecular flexibility index (Phi) is 3.30. The molecule has 4 nitrogen and oxygen atoms in total. The van der Waals surface area contributed by atoms with Gasteiger partial charge in [0.1, 0.15) is 0 Å². The van der Waals surface area contributed by atoms with Crippen molar-refractivity contribution in [3.8, 4) is 0 Å². The van der Waals surface area contributed by atoms with Gasteiger partial charge in [0.15, 0.2) is 0 Å². The van der Waals surface area contributed by atoms with Crippen molar-refractivity contribution in [1.82, 2.24) is 14.7 Å². The van der Waals surface area contributed by atoms with Crippen molar-refractivity contribution in [2.75, 3.05) is 26.2 Å². The lowest BCUT2D eigenvalue weighted by Crippen LogP contribution is -2.48. The molecule has 16 heavy (non-hydrogen) atoms. The first kappa shape index (κ1) is 11.6. The van der Waals surface area contributed by atoms with Crippen molar-refractivity contribution >= 4 is 0 Å². The monoisotopic (exact) mass is 223 g/mol. The van der Waals surface area contributed by atoms with Crippen LogP contribution in [-0.4, -0.2) is 46.0 Å². The lowest BCUT2D eigenvalue weighted by Gasteiger charge is -2.38. The standard InChI is InChI=1S/C12H21N3O/c1-9-12(10(2)14(3)13-9)4-5-15-6-11(7-15)8-16/h11,16H,4-8H2,1-3H3. The molecule has 2 heterocycles. The van der Waals surface area contributed by atoms with Gasteiger partial charge in [-0.1, -0.05) is 0 Å². The summed E-state index contributed by atoms with van der Waals surface area (Å²) < 4.78 is 1.96. The summed E-state index contributed by atoms with van der Waals surface area (Å²) in [5, 5.41) is 13.4. The number of hydrogen-bond acceptors (Lipinski definition) is 3. The van der Waals surface area contributed by atoms with Gasteiger partial charge in [-0.05, 0) is 25.8 Å². The molecule has 1 fully saturated rings. The van der Waals surface area contributed by atoms with Crippen molar-refractivity contribution < 1.29 is 5.11 Å². The molecule has 90 valence electrons. The van der Waals surface area contributed by atoms with E-state index in [2.05, 4.69) is 23.8 Å². The van der Waals surface area contributed by atoms with Gasteiger partial charge < -0.3 is 10.0 Å². The first-order chi connectivity index (χ1) is 7.61. The maximum atomic E-state index is 8.94. The van der Waals surface area contributed by atoms with E-state index in [1.807, 2.05) is 11.7 Å². The predicted molar refractivity (Wildman–Crippen MR) is 63.4 cm³/mol. The van der Waals surface area contributed by atoms with Crippen LogP contribution in [-0.2, 0) is 13.5 Å². The lowest BCUT2D eigenvalue weighted by molar-refractivity contribution is 0.0550. The second kappa shape index (κ2) is 4.55. The van der Waals surface area contributed by atoms with E-state index in [9.17, 15) is 0 Å². The fourth-order valence-corrected chi connectivity index (χ4v) is 2.42. The van der Waals surface area contributed by atoms with Crippen LogP contribution in [0.4, 0.5) is 0 Å². The summed E-state index contributed by atoms with van der Waals surface area (Å²) in [7, 11) is 2.00. The highest BCUT2D eigenvalue weighted by Crippen LogP contribution is 2.17. The zero-order valence-corrected chi connectivity index (χ0v) is 10.4. The first-order valence-electron chi connectivity index (χ1n) is 5.94. The molecule has 1 aromatic heterocycles. The minimum Gasteiger partial charge on any atom is -0.396 e. The topological polar surface area (TPSA) is 41.3 Å². The number of nitrogens with zero attached hydrogens (tertiary/aromatic N) is 3. The van der Waals surface area contributed by atoms with Gasteiger partial charge in [-0.3, -0.25) is 4.68 Å². The normalized spacial score (nSPS) is 17.8. The molecular weight excluding hydrogens is 202 g/mol.